The topological polar surface area (TPSA) is 65.6 Å². The molecule has 0 radical (unpaired) electrons. The summed E-state index contributed by atoms with van der Waals surface area (Å²) in [5.41, 5.74) is 5.16. The van der Waals surface area contributed by atoms with Crippen molar-refractivity contribution in [1.29, 1.82) is 0 Å². The Morgan fingerprint density at radius 3 is 2.61 bits per heavy atom. The zero-order valence-electron chi connectivity index (χ0n) is 17.1. The van der Waals surface area contributed by atoms with Crippen molar-refractivity contribution in [3.63, 3.8) is 0 Å². The third-order valence-electron chi connectivity index (χ3n) is 7.06. The van der Waals surface area contributed by atoms with Gasteiger partial charge in [-0.2, -0.15) is 0 Å². The third kappa shape index (κ3) is 4.01. The first-order valence-corrected chi connectivity index (χ1v) is 11.0. The number of para-hydroxylation sites is 1. The number of alkyl halides is 3. The summed E-state index contributed by atoms with van der Waals surface area (Å²) in [7, 11) is 0. The molecule has 1 amide bonds. The zero-order valence-corrected chi connectivity index (χ0v) is 17.1. The Kier molecular flexibility index (Phi) is 5.34. The van der Waals surface area contributed by atoms with Crippen LogP contribution in [0, 0.1) is 11.8 Å². The summed E-state index contributed by atoms with van der Waals surface area (Å²) < 4.78 is 43.4. The number of piperidine rings is 1. The highest BCUT2D eigenvalue weighted by atomic mass is 19.4. The average molecular weight is 436 g/mol. The smallest absolute Gasteiger partial charge is 0.405 e. The molecule has 0 bridgehead atoms. The summed E-state index contributed by atoms with van der Waals surface area (Å²) >= 11 is 0. The summed E-state index contributed by atoms with van der Waals surface area (Å²) in [5.74, 6) is -0.160. The van der Waals surface area contributed by atoms with Crippen LogP contribution < -0.4 is 20.8 Å². The second-order valence-corrected chi connectivity index (χ2v) is 8.85. The highest BCUT2D eigenvalue weighted by Gasteiger charge is 2.51. The first kappa shape index (κ1) is 20.6. The molecular weight excluding hydrogens is 409 g/mol. The van der Waals surface area contributed by atoms with Crippen molar-refractivity contribution in [3.05, 3.63) is 41.6 Å². The minimum Gasteiger partial charge on any atom is -0.405 e. The number of nitrogens with zero attached hydrogens (tertiary/aromatic N) is 1. The molecule has 4 aliphatic rings. The lowest BCUT2D eigenvalue weighted by Crippen LogP contribution is -2.54. The van der Waals surface area contributed by atoms with E-state index in [0.717, 1.165) is 50.9 Å². The van der Waals surface area contributed by atoms with Crippen LogP contribution in [-0.4, -0.2) is 42.6 Å². The summed E-state index contributed by atoms with van der Waals surface area (Å²) in [5, 5.41) is 8.53. The van der Waals surface area contributed by atoms with E-state index in [1.165, 1.54) is 6.07 Å². The number of hydrazine groups is 1. The zero-order chi connectivity index (χ0) is 21.6. The molecule has 1 aromatic carbocycles. The number of carbonyl (C=O) groups is 1. The second-order valence-electron chi connectivity index (χ2n) is 8.85. The van der Waals surface area contributed by atoms with Crippen LogP contribution in [0.2, 0.25) is 0 Å². The summed E-state index contributed by atoms with van der Waals surface area (Å²) in [6, 6.07) is 6.51. The minimum atomic E-state index is -4.74. The number of hydrogen-bond acceptors (Lipinski definition) is 5. The molecule has 1 saturated carbocycles. The highest BCUT2D eigenvalue weighted by molar-refractivity contribution is 5.89. The second kappa shape index (κ2) is 8.02. The van der Waals surface area contributed by atoms with Gasteiger partial charge in [-0.25, -0.2) is 5.43 Å². The molecule has 0 spiro atoms. The molecule has 9 heteroatoms. The van der Waals surface area contributed by atoms with Gasteiger partial charge in [0.15, 0.2) is 0 Å². The van der Waals surface area contributed by atoms with Gasteiger partial charge in [-0.05, 0) is 56.3 Å². The van der Waals surface area contributed by atoms with E-state index < -0.39 is 6.36 Å². The first-order valence-electron chi connectivity index (χ1n) is 11.0. The number of allylic oxidation sites excluding steroid dienone is 1. The Hall–Kier alpha value is -2.26. The number of nitrogens with one attached hydrogen (secondary N) is 3. The van der Waals surface area contributed by atoms with Crippen LogP contribution in [0.4, 0.5) is 13.2 Å². The Morgan fingerprint density at radius 2 is 1.84 bits per heavy atom. The summed E-state index contributed by atoms with van der Waals surface area (Å²) in [4.78, 5) is 12.6. The fourth-order valence-corrected chi connectivity index (χ4v) is 5.83. The maximum absolute atomic E-state index is 13.0. The monoisotopic (exact) mass is 436 g/mol. The number of ether oxygens (including phenoxy) is 1. The van der Waals surface area contributed by atoms with Crippen molar-refractivity contribution >= 4 is 5.91 Å². The number of rotatable bonds is 3. The first-order chi connectivity index (χ1) is 14.9. The van der Waals surface area contributed by atoms with Gasteiger partial charge in [-0.15, -0.1) is 13.2 Å². The van der Waals surface area contributed by atoms with Crippen LogP contribution in [0.3, 0.4) is 0 Å². The number of carbonyl (C=O) groups excluding carboxylic acids is 1. The normalized spacial score (nSPS) is 31.5. The number of amides is 1. The molecule has 3 heterocycles. The quantitative estimate of drug-likeness (QED) is 0.680. The van der Waals surface area contributed by atoms with Gasteiger partial charge in [0.1, 0.15) is 11.9 Å². The van der Waals surface area contributed by atoms with E-state index >= 15 is 0 Å². The van der Waals surface area contributed by atoms with Gasteiger partial charge in [0, 0.05) is 29.7 Å². The Labute approximate surface area is 179 Å². The molecule has 3 N–H and O–H groups in total. The van der Waals surface area contributed by atoms with Gasteiger partial charge in [-0.1, -0.05) is 24.6 Å². The van der Waals surface area contributed by atoms with Crippen LogP contribution in [0.15, 0.2) is 36.0 Å². The van der Waals surface area contributed by atoms with E-state index in [2.05, 4.69) is 25.8 Å². The van der Waals surface area contributed by atoms with Crippen molar-refractivity contribution in [1.82, 2.24) is 21.1 Å². The van der Waals surface area contributed by atoms with E-state index in [0.29, 0.717) is 11.5 Å². The van der Waals surface area contributed by atoms with Crippen LogP contribution in [0.5, 0.6) is 5.75 Å². The van der Waals surface area contributed by atoms with Gasteiger partial charge in [0.25, 0.3) is 0 Å². The van der Waals surface area contributed by atoms with Gasteiger partial charge in [0.2, 0.25) is 5.91 Å². The van der Waals surface area contributed by atoms with E-state index in [-0.39, 0.29) is 35.7 Å². The maximum Gasteiger partial charge on any atom is 0.573 e. The molecule has 1 aliphatic carbocycles. The molecule has 4 atom stereocenters. The van der Waals surface area contributed by atoms with Gasteiger partial charge in [-0.3, -0.25) is 9.80 Å². The van der Waals surface area contributed by atoms with E-state index in [1.807, 2.05) is 0 Å². The van der Waals surface area contributed by atoms with Crippen molar-refractivity contribution in [2.45, 2.75) is 56.6 Å². The molecule has 3 fully saturated rings. The van der Waals surface area contributed by atoms with E-state index in [1.54, 1.807) is 24.3 Å². The fraction of sp³-hybridized carbons (Fsp3) is 0.591. The molecule has 2 saturated heterocycles. The number of hydrogen-bond donors (Lipinski definition) is 3. The lowest BCUT2D eigenvalue weighted by molar-refractivity contribution is -0.275. The molecule has 6 nitrogen and oxygen atoms in total. The molecule has 4 unspecified atom stereocenters. The highest BCUT2D eigenvalue weighted by Crippen LogP contribution is 2.48. The van der Waals surface area contributed by atoms with Crippen LogP contribution in [0.1, 0.15) is 43.6 Å². The largest absolute Gasteiger partial charge is 0.573 e. The predicted octanol–water partition coefficient (Wildman–Crippen LogP) is 3.00. The Morgan fingerprint density at radius 1 is 1.06 bits per heavy atom. The fourth-order valence-electron chi connectivity index (χ4n) is 5.83. The Bertz CT molecular complexity index is 869. The van der Waals surface area contributed by atoms with Crippen molar-refractivity contribution < 1.29 is 22.7 Å². The van der Waals surface area contributed by atoms with Crippen molar-refractivity contribution in [2.24, 2.45) is 11.8 Å². The van der Waals surface area contributed by atoms with Gasteiger partial charge in [0.05, 0.1) is 0 Å². The van der Waals surface area contributed by atoms with Gasteiger partial charge < -0.3 is 15.4 Å². The molecule has 31 heavy (non-hydrogen) atoms. The lowest BCUT2D eigenvalue weighted by atomic mass is 9.71. The molecule has 0 aromatic heterocycles. The number of fused-ring (bicyclic) bond motifs is 3. The SMILES string of the molecule is O=C1C=C(C2CCNCC2)N2NC3CCCC(c4ccccc4OC(F)(F)F)C3C2N1. The van der Waals surface area contributed by atoms with E-state index in [4.69, 9.17) is 0 Å². The minimum absolute atomic E-state index is 0.0406. The molecular formula is C22H27F3N4O2. The standard InChI is InChI=1S/C22H27F3N4O2/c23-22(24,25)31-18-7-2-1-4-14(18)15-5-3-6-16-20(15)21-27-19(30)12-17(29(21)28-16)13-8-10-26-11-9-13/h1-2,4,7,12-13,15-16,20-21,26,28H,3,5-6,8-11H2,(H,27,30). The van der Waals surface area contributed by atoms with Crippen LogP contribution >= 0.6 is 0 Å². The summed E-state index contributed by atoms with van der Waals surface area (Å²) in [6.45, 7) is 1.83. The van der Waals surface area contributed by atoms with Crippen molar-refractivity contribution in [3.8, 4) is 5.75 Å². The molecule has 5 rings (SSSR count). The van der Waals surface area contributed by atoms with Gasteiger partial charge >= 0.3 is 6.36 Å². The number of benzene rings is 1. The third-order valence-corrected chi connectivity index (χ3v) is 7.06. The number of halogens is 3. The predicted molar refractivity (Wildman–Crippen MR) is 108 cm³/mol. The average Bonchev–Trinajstić information content (AvgIpc) is 3.12. The Balaban J connectivity index is 1.47. The van der Waals surface area contributed by atoms with E-state index in [9.17, 15) is 18.0 Å². The molecule has 168 valence electrons. The lowest BCUT2D eigenvalue weighted by Gasteiger charge is -2.41. The van der Waals surface area contributed by atoms with Crippen LogP contribution in [-0.2, 0) is 4.79 Å². The van der Waals surface area contributed by atoms with Crippen LogP contribution in [0.25, 0.3) is 0 Å². The maximum atomic E-state index is 13.0. The molecule has 1 aromatic rings. The molecule has 3 aliphatic heterocycles. The summed E-state index contributed by atoms with van der Waals surface area (Å²) in [6.07, 6.45) is 1.17. The van der Waals surface area contributed by atoms with Crippen molar-refractivity contribution in [2.75, 3.05) is 13.1 Å².